The highest BCUT2D eigenvalue weighted by Gasteiger charge is 2.21. The molecule has 3 rings (SSSR count). The van der Waals surface area contributed by atoms with Crippen molar-refractivity contribution in [1.29, 1.82) is 0 Å². The zero-order chi connectivity index (χ0) is 17.8. The maximum absolute atomic E-state index is 13.9. The Morgan fingerprint density at radius 1 is 0.760 bits per heavy atom. The third-order valence-electron chi connectivity index (χ3n) is 3.28. The number of hydrogen-bond donors (Lipinski definition) is 1. The summed E-state index contributed by atoms with van der Waals surface area (Å²) in [6, 6.07) is 17.1. The average molecular weight is 345 g/mol. The number of hydrogen-bond acceptors (Lipinski definition) is 2. The van der Waals surface area contributed by atoms with Gasteiger partial charge in [0.1, 0.15) is 11.5 Å². The standard InChI is InChI=1S/C18H11F4N3/c19-13-15(14(20)17(22)25-16(13)21)24-18(11-7-3-1-4-8-11)23-12-9-5-2-6-10-12/h1-10H,(H,23,24,25). The summed E-state index contributed by atoms with van der Waals surface area (Å²) in [7, 11) is 0. The average Bonchev–Trinajstić information content (AvgIpc) is 2.64. The van der Waals surface area contributed by atoms with Gasteiger partial charge in [0.25, 0.3) is 11.9 Å². The van der Waals surface area contributed by atoms with Crippen molar-refractivity contribution < 1.29 is 17.6 Å². The number of nitrogens with one attached hydrogen (secondary N) is 1. The Bertz CT molecular complexity index is 886. The third-order valence-corrected chi connectivity index (χ3v) is 3.28. The number of nitrogens with zero attached hydrogens (tertiary/aromatic N) is 2. The van der Waals surface area contributed by atoms with Crippen LogP contribution in [0.3, 0.4) is 0 Å². The van der Waals surface area contributed by atoms with E-state index in [0.29, 0.717) is 11.3 Å². The van der Waals surface area contributed by atoms with Crippen molar-refractivity contribution in [3.8, 4) is 0 Å². The number of amidine groups is 1. The Morgan fingerprint density at radius 2 is 1.28 bits per heavy atom. The van der Waals surface area contributed by atoms with Gasteiger partial charge in [0.05, 0.1) is 0 Å². The van der Waals surface area contributed by atoms with Crippen LogP contribution in [0.2, 0.25) is 0 Å². The van der Waals surface area contributed by atoms with Gasteiger partial charge in [-0.2, -0.15) is 22.5 Å². The quantitative estimate of drug-likeness (QED) is 0.320. The lowest BCUT2D eigenvalue weighted by atomic mass is 10.2. The Morgan fingerprint density at radius 3 is 1.84 bits per heavy atom. The van der Waals surface area contributed by atoms with E-state index in [1.54, 1.807) is 60.7 Å². The van der Waals surface area contributed by atoms with Crippen molar-refractivity contribution in [1.82, 2.24) is 4.98 Å². The van der Waals surface area contributed by atoms with Gasteiger partial charge in [0.2, 0.25) is 11.6 Å². The van der Waals surface area contributed by atoms with Gasteiger partial charge in [0.15, 0.2) is 0 Å². The lowest BCUT2D eigenvalue weighted by molar-refractivity contribution is 0.410. The van der Waals surface area contributed by atoms with Gasteiger partial charge in [0, 0.05) is 11.3 Å². The summed E-state index contributed by atoms with van der Waals surface area (Å²) in [5.41, 5.74) is -0.0315. The van der Waals surface area contributed by atoms with Gasteiger partial charge in [-0.25, -0.2) is 4.99 Å². The molecule has 0 unspecified atom stereocenters. The first kappa shape index (κ1) is 16.6. The molecule has 2 aromatic carbocycles. The minimum Gasteiger partial charge on any atom is -0.340 e. The molecular formula is C18H11F4N3. The largest absolute Gasteiger partial charge is 0.340 e. The summed E-state index contributed by atoms with van der Waals surface area (Å²) in [5, 5.41) is 2.89. The first-order valence-corrected chi connectivity index (χ1v) is 7.22. The predicted molar refractivity (Wildman–Crippen MR) is 86.8 cm³/mol. The lowest BCUT2D eigenvalue weighted by Gasteiger charge is -2.11. The normalized spacial score (nSPS) is 11.4. The van der Waals surface area contributed by atoms with Gasteiger partial charge in [-0.3, -0.25) is 0 Å². The molecule has 0 aliphatic carbocycles. The van der Waals surface area contributed by atoms with E-state index in [-0.39, 0.29) is 5.84 Å². The molecule has 0 bridgehead atoms. The van der Waals surface area contributed by atoms with Gasteiger partial charge in [-0.15, -0.1) is 0 Å². The minimum atomic E-state index is -1.76. The van der Waals surface area contributed by atoms with E-state index < -0.39 is 29.2 Å². The van der Waals surface area contributed by atoms with Crippen LogP contribution in [0.15, 0.2) is 65.7 Å². The SMILES string of the molecule is Fc1nc(F)c(F)c(N=C(Nc2ccccc2)c2ccccc2)c1F. The fraction of sp³-hybridized carbons (Fsp3) is 0. The fourth-order valence-corrected chi connectivity index (χ4v) is 2.10. The van der Waals surface area contributed by atoms with Crippen molar-refractivity contribution in [3.63, 3.8) is 0 Å². The highest BCUT2D eigenvalue weighted by molar-refractivity contribution is 6.09. The number of aliphatic imine (C=N–C) groups is 1. The molecule has 0 fully saturated rings. The van der Waals surface area contributed by atoms with E-state index in [9.17, 15) is 17.6 Å². The van der Waals surface area contributed by atoms with Crippen molar-refractivity contribution in [3.05, 3.63) is 89.8 Å². The third kappa shape index (κ3) is 3.65. The lowest BCUT2D eigenvalue weighted by Crippen LogP contribution is -2.14. The molecule has 0 aliphatic heterocycles. The molecule has 1 heterocycles. The van der Waals surface area contributed by atoms with Gasteiger partial charge in [-0.05, 0) is 12.1 Å². The van der Waals surface area contributed by atoms with Crippen molar-refractivity contribution >= 4 is 17.2 Å². The Labute approximate surface area is 140 Å². The summed E-state index contributed by atoms with van der Waals surface area (Å²) in [4.78, 5) is 6.30. The van der Waals surface area contributed by atoms with E-state index >= 15 is 0 Å². The van der Waals surface area contributed by atoms with Crippen LogP contribution in [0.25, 0.3) is 0 Å². The molecule has 1 N–H and O–H groups in total. The second-order valence-corrected chi connectivity index (χ2v) is 4.99. The monoisotopic (exact) mass is 345 g/mol. The predicted octanol–water partition coefficient (Wildman–Crippen LogP) is 4.83. The smallest absolute Gasteiger partial charge is 0.254 e. The number of rotatable bonds is 3. The molecule has 3 aromatic rings. The molecule has 1 aromatic heterocycles. The van der Waals surface area contributed by atoms with E-state index in [4.69, 9.17) is 0 Å². The van der Waals surface area contributed by atoms with Crippen molar-refractivity contribution in [2.75, 3.05) is 5.32 Å². The van der Waals surface area contributed by atoms with Gasteiger partial charge < -0.3 is 5.32 Å². The number of aromatic nitrogens is 1. The first-order chi connectivity index (χ1) is 12.1. The Hall–Kier alpha value is -3.22. The summed E-state index contributed by atoms with van der Waals surface area (Å²) >= 11 is 0. The molecule has 0 radical (unpaired) electrons. The van der Waals surface area contributed by atoms with Crippen LogP contribution >= 0.6 is 0 Å². The summed E-state index contributed by atoms with van der Waals surface area (Å²) in [6.45, 7) is 0. The number of anilines is 1. The number of pyridine rings is 1. The maximum Gasteiger partial charge on any atom is 0.254 e. The van der Waals surface area contributed by atoms with Crippen LogP contribution in [0.5, 0.6) is 0 Å². The van der Waals surface area contributed by atoms with Crippen LogP contribution in [0.1, 0.15) is 5.56 Å². The molecular weight excluding hydrogens is 334 g/mol. The molecule has 0 saturated carbocycles. The van der Waals surface area contributed by atoms with Crippen molar-refractivity contribution in [2.45, 2.75) is 0 Å². The zero-order valence-electron chi connectivity index (χ0n) is 12.7. The minimum absolute atomic E-state index is 0.0228. The number of benzene rings is 2. The van der Waals surface area contributed by atoms with Crippen LogP contribution in [-0.4, -0.2) is 10.8 Å². The van der Waals surface area contributed by atoms with Crippen LogP contribution < -0.4 is 5.32 Å². The van der Waals surface area contributed by atoms with E-state index in [1.165, 1.54) is 0 Å². The molecule has 7 heteroatoms. The second-order valence-electron chi connectivity index (χ2n) is 4.99. The zero-order valence-corrected chi connectivity index (χ0v) is 12.7. The first-order valence-electron chi connectivity index (χ1n) is 7.22. The van der Waals surface area contributed by atoms with E-state index in [1.807, 2.05) is 0 Å². The van der Waals surface area contributed by atoms with Gasteiger partial charge >= 0.3 is 0 Å². The van der Waals surface area contributed by atoms with Crippen molar-refractivity contribution in [2.24, 2.45) is 4.99 Å². The molecule has 0 atom stereocenters. The fourth-order valence-electron chi connectivity index (χ4n) is 2.10. The summed E-state index contributed by atoms with van der Waals surface area (Å²) < 4.78 is 54.4. The Balaban J connectivity index is 2.14. The molecule has 126 valence electrons. The van der Waals surface area contributed by atoms with Crippen LogP contribution in [0.4, 0.5) is 28.9 Å². The molecule has 0 spiro atoms. The molecule has 0 aliphatic rings. The maximum atomic E-state index is 13.9. The Kier molecular flexibility index (Phi) is 4.74. The van der Waals surface area contributed by atoms with Crippen LogP contribution in [-0.2, 0) is 0 Å². The highest BCUT2D eigenvalue weighted by atomic mass is 19.2. The van der Waals surface area contributed by atoms with E-state index in [0.717, 1.165) is 0 Å². The summed E-state index contributed by atoms with van der Waals surface area (Å²) in [6.07, 6.45) is 0. The highest BCUT2D eigenvalue weighted by Crippen LogP contribution is 2.26. The second kappa shape index (κ2) is 7.12. The number of halogens is 4. The topological polar surface area (TPSA) is 37.3 Å². The summed E-state index contributed by atoms with van der Waals surface area (Å²) in [5.74, 6) is -6.83. The molecule has 0 amide bonds. The van der Waals surface area contributed by atoms with E-state index in [2.05, 4.69) is 15.3 Å². The van der Waals surface area contributed by atoms with Gasteiger partial charge in [-0.1, -0.05) is 48.5 Å². The molecule has 3 nitrogen and oxygen atoms in total. The number of para-hydroxylation sites is 1. The molecule has 25 heavy (non-hydrogen) atoms. The van der Waals surface area contributed by atoms with Crippen LogP contribution in [0, 0.1) is 23.5 Å². The molecule has 0 saturated heterocycles.